The largest absolute Gasteiger partial charge is 0.481 e. The van der Waals surface area contributed by atoms with Crippen molar-refractivity contribution < 1.29 is 19.4 Å². The lowest BCUT2D eigenvalue weighted by molar-refractivity contribution is -0.136. The zero-order valence-corrected chi connectivity index (χ0v) is 17.9. The molecule has 0 bridgehead atoms. The number of carbonyl (C=O) groups is 2. The lowest BCUT2D eigenvalue weighted by Gasteiger charge is -2.14. The van der Waals surface area contributed by atoms with E-state index in [2.05, 4.69) is 10.6 Å². The molecule has 166 valence electrons. The maximum Gasteiger partial charge on any atom is 0.307 e. The zero-order valence-electron chi connectivity index (χ0n) is 17.9. The van der Waals surface area contributed by atoms with E-state index in [1.807, 2.05) is 36.4 Å². The normalized spacial score (nSPS) is 10.6. The second-order valence-corrected chi connectivity index (χ2v) is 7.30. The van der Waals surface area contributed by atoms with E-state index in [1.165, 1.54) is 0 Å². The number of ether oxygens (including phenoxy) is 1. The van der Waals surface area contributed by atoms with Gasteiger partial charge in [0.2, 0.25) is 0 Å². The Bertz CT molecular complexity index is 1100. The second kappa shape index (κ2) is 11.1. The number of anilines is 2. The molecule has 0 heterocycles. The molecule has 0 aliphatic rings. The van der Waals surface area contributed by atoms with Gasteiger partial charge in [0.15, 0.2) is 0 Å². The predicted octanol–water partition coefficient (Wildman–Crippen LogP) is 3.75. The van der Waals surface area contributed by atoms with Gasteiger partial charge in [0.25, 0.3) is 5.91 Å². The highest BCUT2D eigenvalue weighted by Gasteiger charge is 2.14. The number of nitrogens with two attached hydrogens (primary N) is 1. The standard InChI is InChI=1S/C25H27N3O4/c1-32-10-9-27-22-13-20(18-7-4-5-17(11-18)16-26)12-21(14-22)25(31)28-23-8-3-2-6-19(23)15-24(29)30/h2-8,11-14,27H,9-10,15-16,26H2,1H3,(H,28,31)(H,29,30). The van der Waals surface area contributed by atoms with Crippen LogP contribution >= 0.6 is 0 Å². The fraction of sp³-hybridized carbons (Fsp3) is 0.200. The van der Waals surface area contributed by atoms with Crippen molar-refractivity contribution in [2.45, 2.75) is 13.0 Å². The summed E-state index contributed by atoms with van der Waals surface area (Å²) < 4.78 is 5.11. The van der Waals surface area contributed by atoms with Gasteiger partial charge in [-0.1, -0.05) is 36.4 Å². The van der Waals surface area contributed by atoms with E-state index in [9.17, 15) is 9.59 Å². The van der Waals surface area contributed by atoms with Gasteiger partial charge in [-0.05, 0) is 52.6 Å². The molecule has 0 saturated heterocycles. The highest BCUT2D eigenvalue weighted by Crippen LogP contribution is 2.27. The number of aliphatic carboxylic acids is 1. The van der Waals surface area contributed by atoms with Crippen LogP contribution in [0.25, 0.3) is 11.1 Å². The molecule has 3 aromatic carbocycles. The van der Waals surface area contributed by atoms with Crippen LogP contribution in [0.4, 0.5) is 11.4 Å². The van der Waals surface area contributed by atoms with Crippen molar-refractivity contribution in [1.29, 1.82) is 0 Å². The van der Waals surface area contributed by atoms with Crippen molar-refractivity contribution in [3.8, 4) is 11.1 Å². The second-order valence-electron chi connectivity index (χ2n) is 7.30. The van der Waals surface area contributed by atoms with Gasteiger partial charge in [0, 0.05) is 37.1 Å². The molecule has 5 N–H and O–H groups in total. The number of hydrogen-bond acceptors (Lipinski definition) is 5. The molecule has 0 saturated carbocycles. The zero-order chi connectivity index (χ0) is 22.9. The Morgan fingerprint density at radius 2 is 1.81 bits per heavy atom. The van der Waals surface area contributed by atoms with E-state index < -0.39 is 5.97 Å². The van der Waals surface area contributed by atoms with Gasteiger partial charge in [-0.3, -0.25) is 9.59 Å². The number of carboxylic acid groups (broad SMARTS) is 1. The first-order chi connectivity index (χ1) is 15.5. The summed E-state index contributed by atoms with van der Waals surface area (Å²) in [6, 6.07) is 20.3. The predicted molar refractivity (Wildman–Crippen MR) is 126 cm³/mol. The molecule has 0 radical (unpaired) electrons. The summed E-state index contributed by atoms with van der Waals surface area (Å²) in [5, 5.41) is 15.3. The van der Waals surface area contributed by atoms with Crippen LogP contribution < -0.4 is 16.4 Å². The van der Waals surface area contributed by atoms with E-state index >= 15 is 0 Å². The van der Waals surface area contributed by atoms with Crippen molar-refractivity contribution in [2.75, 3.05) is 30.9 Å². The van der Waals surface area contributed by atoms with Crippen molar-refractivity contribution in [2.24, 2.45) is 5.73 Å². The van der Waals surface area contributed by atoms with Crippen LogP contribution in [0, 0.1) is 0 Å². The van der Waals surface area contributed by atoms with Gasteiger partial charge < -0.3 is 26.2 Å². The van der Waals surface area contributed by atoms with Gasteiger partial charge in [-0.25, -0.2) is 0 Å². The number of hydrogen-bond donors (Lipinski definition) is 4. The van der Waals surface area contributed by atoms with Crippen LogP contribution in [0.15, 0.2) is 66.7 Å². The van der Waals surface area contributed by atoms with Crippen molar-refractivity contribution in [1.82, 2.24) is 0 Å². The van der Waals surface area contributed by atoms with Crippen LogP contribution in [-0.4, -0.2) is 37.2 Å². The molecule has 0 aromatic heterocycles. The van der Waals surface area contributed by atoms with Gasteiger partial charge in [-0.15, -0.1) is 0 Å². The minimum Gasteiger partial charge on any atom is -0.481 e. The number of rotatable bonds is 10. The summed E-state index contributed by atoms with van der Waals surface area (Å²) >= 11 is 0. The molecule has 0 aliphatic heterocycles. The molecule has 32 heavy (non-hydrogen) atoms. The van der Waals surface area contributed by atoms with Crippen LogP contribution in [0.5, 0.6) is 0 Å². The van der Waals surface area contributed by atoms with Crippen LogP contribution in [0.1, 0.15) is 21.5 Å². The Hall–Kier alpha value is -3.68. The molecule has 0 aliphatic carbocycles. The number of carbonyl (C=O) groups excluding carboxylic acids is 1. The lowest BCUT2D eigenvalue weighted by Crippen LogP contribution is -2.15. The fourth-order valence-corrected chi connectivity index (χ4v) is 3.36. The third-order valence-electron chi connectivity index (χ3n) is 4.93. The number of amides is 1. The minimum absolute atomic E-state index is 0.174. The lowest BCUT2D eigenvalue weighted by atomic mass is 9.99. The smallest absolute Gasteiger partial charge is 0.307 e. The Labute approximate surface area is 187 Å². The summed E-state index contributed by atoms with van der Waals surface area (Å²) in [7, 11) is 1.63. The van der Waals surface area contributed by atoms with E-state index in [0.29, 0.717) is 36.5 Å². The van der Waals surface area contributed by atoms with E-state index in [1.54, 1.807) is 37.4 Å². The first kappa shape index (κ1) is 23.0. The maximum atomic E-state index is 13.1. The van der Waals surface area contributed by atoms with Crippen molar-refractivity contribution in [3.05, 3.63) is 83.4 Å². The molecule has 1 amide bonds. The number of methoxy groups -OCH3 is 1. The van der Waals surface area contributed by atoms with E-state index in [4.69, 9.17) is 15.6 Å². The Morgan fingerprint density at radius 3 is 2.56 bits per heavy atom. The van der Waals surface area contributed by atoms with Crippen LogP contribution in [0.2, 0.25) is 0 Å². The van der Waals surface area contributed by atoms with Gasteiger partial charge in [0.05, 0.1) is 13.0 Å². The quantitative estimate of drug-likeness (QED) is 0.362. The molecule has 7 nitrogen and oxygen atoms in total. The summed E-state index contributed by atoms with van der Waals surface area (Å²) in [6.45, 7) is 1.54. The SMILES string of the molecule is COCCNc1cc(C(=O)Nc2ccccc2CC(=O)O)cc(-c2cccc(CN)c2)c1. The molecule has 0 spiro atoms. The van der Waals surface area contributed by atoms with Gasteiger partial charge >= 0.3 is 5.97 Å². The Kier molecular flexibility index (Phi) is 7.96. The summed E-state index contributed by atoms with van der Waals surface area (Å²) in [4.78, 5) is 24.3. The van der Waals surface area contributed by atoms with E-state index in [-0.39, 0.29) is 12.3 Å². The number of para-hydroxylation sites is 1. The molecule has 0 atom stereocenters. The number of carboxylic acids is 1. The number of nitrogens with one attached hydrogen (secondary N) is 2. The summed E-state index contributed by atoms with van der Waals surface area (Å²) in [6.07, 6.45) is -0.174. The first-order valence-corrected chi connectivity index (χ1v) is 10.3. The first-order valence-electron chi connectivity index (χ1n) is 10.3. The molecule has 3 aromatic rings. The van der Waals surface area contributed by atoms with Crippen LogP contribution in [0.3, 0.4) is 0 Å². The molecular weight excluding hydrogens is 406 g/mol. The summed E-state index contributed by atoms with van der Waals surface area (Å²) in [5.41, 5.74) is 10.8. The summed E-state index contributed by atoms with van der Waals surface area (Å²) in [5.74, 6) is -1.28. The van der Waals surface area contributed by atoms with Crippen molar-refractivity contribution >= 4 is 23.3 Å². The third kappa shape index (κ3) is 6.16. The van der Waals surface area contributed by atoms with Gasteiger partial charge in [0.1, 0.15) is 0 Å². The highest BCUT2D eigenvalue weighted by molar-refractivity contribution is 6.06. The van der Waals surface area contributed by atoms with Gasteiger partial charge in [-0.2, -0.15) is 0 Å². The topological polar surface area (TPSA) is 114 Å². The molecule has 0 unspecified atom stereocenters. The highest BCUT2D eigenvalue weighted by atomic mass is 16.5. The minimum atomic E-state index is -0.960. The third-order valence-corrected chi connectivity index (χ3v) is 4.93. The van der Waals surface area contributed by atoms with Crippen LogP contribution in [-0.2, 0) is 22.5 Å². The van der Waals surface area contributed by atoms with E-state index in [0.717, 1.165) is 22.4 Å². The monoisotopic (exact) mass is 433 g/mol. The molecule has 3 rings (SSSR count). The fourth-order valence-electron chi connectivity index (χ4n) is 3.36. The Morgan fingerprint density at radius 1 is 1.00 bits per heavy atom. The molecular formula is C25H27N3O4. The Balaban J connectivity index is 1.94. The average molecular weight is 434 g/mol. The molecule has 0 fully saturated rings. The molecule has 7 heteroatoms. The van der Waals surface area contributed by atoms with Crippen molar-refractivity contribution in [3.63, 3.8) is 0 Å². The maximum absolute atomic E-state index is 13.1. The average Bonchev–Trinajstić information content (AvgIpc) is 2.80. The number of benzene rings is 3.